The minimum atomic E-state index is -0.181. The zero-order valence-corrected chi connectivity index (χ0v) is 10.5. The smallest absolute Gasteiger partial charge is 0.250 e. The second-order valence-electron chi connectivity index (χ2n) is 3.42. The molecule has 0 radical (unpaired) electrons. The van der Waals surface area contributed by atoms with Gasteiger partial charge in [-0.15, -0.1) is 11.6 Å². The summed E-state index contributed by atoms with van der Waals surface area (Å²) in [5.74, 6) is 0.286. The van der Waals surface area contributed by atoms with Crippen molar-refractivity contribution >= 4 is 23.2 Å². The molecule has 1 aromatic rings. The Kier molecular flexibility index (Phi) is 6.62. The first-order chi connectivity index (χ1) is 8.26. The lowest BCUT2D eigenvalue weighted by Gasteiger charge is -2.06. The number of hydrogen-bond donors (Lipinski definition) is 1. The quantitative estimate of drug-likeness (QED) is 0.601. The Bertz CT molecular complexity index is 340. The molecule has 1 rings (SSSR count). The molecule has 0 heterocycles. The van der Waals surface area contributed by atoms with Gasteiger partial charge >= 0.3 is 0 Å². The number of rotatable bonds is 7. The molecule has 0 bridgehead atoms. The molecule has 4 nitrogen and oxygen atoms in total. The van der Waals surface area contributed by atoms with Crippen molar-refractivity contribution < 1.29 is 14.3 Å². The molecule has 5 heteroatoms. The molecule has 0 atom stereocenters. The second kappa shape index (κ2) is 8.06. The van der Waals surface area contributed by atoms with Gasteiger partial charge in [0.25, 0.3) is 0 Å². The fourth-order valence-electron chi connectivity index (χ4n) is 1.18. The van der Waals surface area contributed by atoms with Gasteiger partial charge in [-0.3, -0.25) is 4.79 Å². The Morgan fingerprint density at radius 2 is 2.00 bits per heavy atom. The molecular formula is C12H16ClNO3. The molecule has 0 saturated heterocycles. The Hall–Kier alpha value is -1.10. The van der Waals surface area contributed by atoms with Crippen LogP contribution < -0.4 is 5.32 Å². The van der Waals surface area contributed by atoms with Crippen LogP contribution in [0.3, 0.4) is 0 Å². The highest BCUT2D eigenvalue weighted by Gasteiger charge is 2.02. The highest BCUT2D eigenvalue weighted by Crippen LogP contribution is 2.10. The first-order valence-electron chi connectivity index (χ1n) is 5.27. The maximum Gasteiger partial charge on any atom is 0.250 e. The Labute approximate surface area is 106 Å². The maximum absolute atomic E-state index is 11.4. The van der Waals surface area contributed by atoms with Gasteiger partial charge in [0.2, 0.25) is 5.91 Å². The van der Waals surface area contributed by atoms with Gasteiger partial charge in [-0.25, -0.2) is 0 Å². The summed E-state index contributed by atoms with van der Waals surface area (Å²) in [7, 11) is 1.59. The molecule has 0 spiro atoms. The van der Waals surface area contributed by atoms with E-state index >= 15 is 0 Å². The highest BCUT2D eigenvalue weighted by molar-refractivity contribution is 6.17. The van der Waals surface area contributed by atoms with Gasteiger partial charge in [-0.2, -0.15) is 0 Å². The van der Waals surface area contributed by atoms with Crippen LogP contribution in [0.15, 0.2) is 24.3 Å². The third kappa shape index (κ3) is 5.68. The third-order valence-corrected chi connectivity index (χ3v) is 2.37. The van der Waals surface area contributed by atoms with E-state index in [0.717, 1.165) is 11.3 Å². The predicted octanol–water partition coefficient (Wildman–Crippen LogP) is 2.03. The standard InChI is InChI=1S/C12H16ClNO3/c1-16-6-7-17-9-12(15)14-11-4-2-10(8-13)3-5-11/h2-5H,6-9H2,1H3,(H,14,15). The molecule has 1 N–H and O–H groups in total. The number of carbonyl (C=O) groups is 1. The van der Waals surface area contributed by atoms with Gasteiger partial charge in [0.15, 0.2) is 0 Å². The maximum atomic E-state index is 11.4. The molecule has 0 aliphatic heterocycles. The average Bonchev–Trinajstić information content (AvgIpc) is 2.36. The van der Waals surface area contributed by atoms with E-state index in [1.54, 1.807) is 7.11 Å². The molecule has 0 aliphatic carbocycles. The van der Waals surface area contributed by atoms with E-state index in [0.29, 0.717) is 19.1 Å². The van der Waals surface area contributed by atoms with Crippen LogP contribution in [0.1, 0.15) is 5.56 Å². The topological polar surface area (TPSA) is 47.6 Å². The van der Waals surface area contributed by atoms with Crippen LogP contribution in [0.4, 0.5) is 5.69 Å². The Morgan fingerprint density at radius 3 is 2.59 bits per heavy atom. The zero-order valence-electron chi connectivity index (χ0n) is 9.74. The van der Waals surface area contributed by atoms with Crippen molar-refractivity contribution in [1.29, 1.82) is 0 Å². The minimum Gasteiger partial charge on any atom is -0.382 e. The average molecular weight is 258 g/mol. The van der Waals surface area contributed by atoms with E-state index in [1.807, 2.05) is 24.3 Å². The van der Waals surface area contributed by atoms with E-state index in [-0.39, 0.29) is 12.5 Å². The number of nitrogens with one attached hydrogen (secondary N) is 1. The van der Waals surface area contributed by atoms with Crippen molar-refractivity contribution in [2.45, 2.75) is 5.88 Å². The lowest BCUT2D eigenvalue weighted by Crippen LogP contribution is -2.19. The van der Waals surface area contributed by atoms with Gasteiger partial charge in [0.1, 0.15) is 6.61 Å². The van der Waals surface area contributed by atoms with Crippen LogP contribution in [0.5, 0.6) is 0 Å². The Balaban J connectivity index is 2.29. The van der Waals surface area contributed by atoms with Crippen molar-refractivity contribution in [3.05, 3.63) is 29.8 Å². The molecular weight excluding hydrogens is 242 g/mol. The number of benzene rings is 1. The van der Waals surface area contributed by atoms with E-state index < -0.39 is 0 Å². The van der Waals surface area contributed by atoms with Crippen molar-refractivity contribution in [1.82, 2.24) is 0 Å². The number of ether oxygens (including phenoxy) is 2. The number of methoxy groups -OCH3 is 1. The van der Waals surface area contributed by atoms with Crippen LogP contribution in [0.2, 0.25) is 0 Å². The second-order valence-corrected chi connectivity index (χ2v) is 3.69. The number of carbonyl (C=O) groups excluding carboxylic acids is 1. The third-order valence-electron chi connectivity index (χ3n) is 2.06. The van der Waals surface area contributed by atoms with E-state index in [1.165, 1.54) is 0 Å². The number of hydrogen-bond acceptors (Lipinski definition) is 3. The molecule has 0 aromatic heterocycles. The largest absolute Gasteiger partial charge is 0.382 e. The molecule has 0 fully saturated rings. The first-order valence-corrected chi connectivity index (χ1v) is 5.81. The fraction of sp³-hybridized carbons (Fsp3) is 0.417. The van der Waals surface area contributed by atoms with E-state index in [9.17, 15) is 4.79 Å². The number of alkyl halides is 1. The predicted molar refractivity (Wildman–Crippen MR) is 67.3 cm³/mol. The van der Waals surface area contributed by atoms with Crippen LogP contribution in [0.25, 0.3) is 0 Å². The van der Waals surface area contributed by atoms with Gasteiger partial charge in [-0.1, -0.05) is 12.1 Å². The monoisotopic (exact) mass is 257 g/mol. The van der Waals surface area contributed by atoms with Crippen molar-refractivity contribution in [2.24, 2.45) is 0 Å². The zero-order chi connectivity index (χ0) is 12.5. The number of halogens is 1. The molecule has 1 amide bonds. The summed E-state index contributed by atoms with van der Waals surface area (Å²) in [6, 6.07) is 7.36. The molecule has 1 aromatic carbocycles. The van der Waals surface area contributed by atoms with Crippen LogP contribution in [-0.2, 0) is 20.1 Å². The Morgan fingerprint density at radius 1 is 1.29 bits per heavy atom. The van der Waals surface area contributed by atoms with Gasteiger partial charge in [0.05, 0.1) is 13.2 Å². The van der Waals surface area contributed by atoms with Crippen LogP contribution >= 0.6 is 11.6 Å². The summed E-state index contributed by atoms with van der Waals surface area (Å²) in [5, 5.41) is 2.72. The molecule has 0 unspecified atom stereocenters. The van der Waals surface area contributed by atoms with E-state index in [2.05, 4.69) is 5.32 Å². The van der Waals surface area contributed by atoms with Crippen LogP contribution in [-0.4, -0.2) is 32.8 Å². The normalized spacial score (nSPS) is 10.2. The SMILES string of the molecule is COCCOCC(=O)Nc1ccc(CCl)cc1. The van der Waals surface area contributed by atoms with E-state index in [4.69, 9.17) is 21.1 Å². The minimum absolute atomic E-state index is 0.0284. The highest BCUT2D eigenvalue weighted by atomic mass is 35.5. The van der Waals surface area contributed by atoms with Crippen LogP contribution in [0, 0.1) is 0 Å². The lowest BCUT2D eigenvalue weighted by atomic mass is 10.2. The van der Waals surface area contributed by atoms with Gasteiger partial charge in [-0.05, 0) is 17.7 Å². The van der Waals surface area contributed by atoms with Crippen molar-refractivity contribution in [3.8, 4) is 0 Å². The summed E-state index contributed by atoms with van der Waals surface area (Å²) in [4.78, 5) is 11.4. The summed E-state index contributed by atoms with van der Waals surface area (Å²) < 4.78 is 9.89. The molecule has 0 saturated carbocycles. The van der Waals surface area contributed by atoms with Gasteiger partial charge < -0.3 is 14.8 Å². The lowest BCUT2D eigenvalue weighted by molar-refractivity contribution is -0.121. The number of amides is 1. The summed E-state index contributed by atoms with van der Waals surface area (Å²) in [6.45, 7) is 0.924. The number of anilines is 1. The summed E-state index contributed by atoms with van der Waals surface area (Å²) >= 11 is 5.66. The molecule has 0 aliphatic rings. The summed E-state index contributed by atoms with van der Waals surface area (Å²) in [5.41, 5.74) is 1.75. The molecule has 17 heavy (non-hydrogen) atoms. The van der Waals surface area contributed by atoms with Crippen molar-refractivity contribution in [2.75, 3.05) is 32.2 Å². The fourth-order valence-corrected chi connectivity index (χ4v) is 1.36. The van der Waals surface area contributed by atoms with Gasteiger partial charge in [0, 0.05) is 18.7 Å². The van der Waals surface area contributed by atoms with Crippen molar-refractivity contribution in [3.63, 3.8) is 0 Å². The molecule has 94 valence electrons. The summed E-state index contributed by atoms with van der Waals surface area (Å²) in [6.07, 6.45) is 0. The first kappa shape index (κ1) is 14.0.